The minimum absolute atomic E-state index is 0.00220. The Balaban J connectivity index is 2.28. The van der Waals surface area contributed by atoms with E-state index in [1.54, 1.807) is 0 Å². The van der Waals surface area contributed by atoms with Gasteiger partial charge in [-0.15, -0.1) is 0 Å². The maximum Gasteiger partial charge on any atom is 0.0696 e. The van der Waals surface area contributed by atoms with E-state index in [1.807, 2.05) is 18.4 Å². The molecular weight excluding hydrogens is 162 g/mol. The molecule has 1 unspecified atom stereocenters. The van der Waals surface area contributed by atoms with E-state index in [2.05, 4.69) is 24.1 Å². The highest BCUT2D eigenvalue weighted by atomic mass is 16.3. The Kier molecular flexibility index (Phi) is 1.93. The molecule has 0 fully saturated rings. The second-order valence-corrected chi connectivity index (χ2v) is 3.74. The van der Waals surface area contributed by atoms with E-state index in [0.29, 0.717) is 0 Å². The molecule has 2 rings (SSSR count). The summed E-state index contributed by atoms with van der Waals surface area (Å²) in [5.74, 6) is 0. The van der Waals surface area contributed by atoms with Crippen LogP contribution in [0.4, 0.5) is 0 Å². The summed E-state index contributed by atoms with van der Waals surface area (Å²) in [6.07, 6.45) is 10.9. The Morgan fingerprint density at radius 3 is 3.08 bits per heavy atom. The van der Waals surface area contributed by atoms with Crippen LogP contribution in [0.5, 0.6) is 0 Å². The topological polar surface area (TPSA) is 32.6 Å². The van der Waals surface area contributed by atoms with Crippen LogP contribution in [0, 0.1) is 5.41 Å². The third kappa shape index (κ3) is 1.49. The van der Waals surface area contributed by atoms with Crippen molar-refractivity contribution in [2.45, 2.75) is 13.3 Å². The van der Waals surface area contributed by atoms with Gasteiger partial charge in [0.15, 0.2) is 0 Å². The monoisotopic (exact) mass is 175 g/mol. The summed E-state index contributed by atoms with van der Waals surface area (Å²) in [4.78, 5) is 4.20. The fourth-order valence-electron chi connectivity index (χ4n) is 1.69. The van der Waals surface area contributed by atoms with Crippen molar-refractivity contribution in [2.24, 2.45) is 10.4 Å². The van der Waals surface area contributed by atoms with E-state index in [-0.39, 0.29) is 12.0 Å². The highest BCUT2D eigenvalue weighted by Gasteiger charge is 2.23. The third-order valence-corrected chi connectivity index (χ3v) is 2.52. The molecule has 0 amide bonds. The van der Waals surface area contributed by atoms with Gasteiger partial charge in [-0.25, -0.2) is 0 Å². The van der Waals surface area contributed by atoms with Gasteiger partial charge in [0.1, 0.15) is 0 Å². The normalized spacial score (nSPS) is 30.0. The Bertz CT molecular complexity index is 336. The molecule has 1 aliphatic carbocycles. The summed E-state index contributed by atoms with van der Waals surface area (Å²) < 4.78 is 0. The molecule has 13 heavy (non-hydrogen) atoms. The zero-order chi connectivity index (χ0) is 9.31. The summed E-state index contributed by atoms with van der Waals surface area (Å²) >= 11 is 0. The number of allylic oxidation sites excluding steroid dienone is 5. The molecule has 2 aliphatic rings. The predicted octanol–water partition coefficient (Wildman–Crippen LogP) is 1.84. The van der Waals surface area contributed by atoms with Crippen LogP contribution < -0.4 is 0 Å². The van der Waals surface area contributed by atoms with Gasteiger partial charge in [-0.2, -0.15) is 0 Å². The molecule has 0 bridgehead atoms. The molecule has 1 heterocycles. The van der Waals surface area contributed by atoms with Gasteiger partial charge < -0.3 is 5.11 Å². The molecule has 2 heteroatoms. The molecule has 0 aromatic carbocycles. The average molecular weight is 175 g/mol. The molecule has 1 N–H and O–H groups in total. The van der Waals surface area contributed by atoms with E-state index in [9.17, 15) is 0 Å². The number of fused-ring (bicyclic) bond motifs is 1. The smallest absolute Gasteiger partial charge is 0.0696 e. The minimum atomic E-state index is -0.00220. The number of hydrogen-bond donors (Lipinski definition) is 1. The summed E-state index contributed by atoms with van der Waals surface area (Å²) in [7, 11) is 0. The molecule has 0 saturated heterocycles. The second kappa shape index (κ2) is 2.96. The third-order valence-electron chi connectivity index (χ3n) is 2.52. The van der Waals surface area contributed by atoms with Gasteiger partial charge in [-0.3, -0.25) is 4.99 Å². The Morgan fingerprint density at radius 2 is 2.31 bits per heavy atom. The maximum atomic E-state index is 8.91. The fraction of sp³-hybridized carbons (Fsp3) is 0.364. The predicted molar refractivity (Wildman–Crippen MR) is 53.6 cm³/mol. The van der Waals surface area contributed by atoms with Gasteiger partial charge in [0.2, 0.25) is 0 Å². The first-order chi connectivity index (χ1) is 6.23. The number of aliphatic imine (C=N–C) groups is 1. The standard InChI is InChI=1S/C11H13NO/c1-11(5-7-13)4-2-10-9(8-11)3-6-12-10/h2-4,6,8,13H,5,7H2,1H3. The van der Waals surface area contributed by atoms with Gasteiger partial charge in [-0.05, 0) is 24.1 Å². The molecule has 68 valence electrons. The summed E-state index contributed by atoms with van der Waals surface area (Å²) in [6, 6.07) is 0. The van der Waals surface area contributed by atoms with Crippen molar-refractivity contribution in [1.29, 1.82) is 0 Å². The van der Waals surface area contributed by atoms with Crippen molar-refractivity contribution < 1.29 is 5.11 Å². The maximum absolute atomic E-state index is 8.91. The number of rotatable bonds is 2. The molecule has 1 aliphatic heterocycles. The quantitative estimate of drug-likeness (QED) is 0.682. The lowest BCUT2D eigenvalue weighted by Crippen LogP contribution is -2.17. The largest absolute Gasteiger partial charge is 0.396 e. The molecule has 0 radical (unpaired) electrons. The molecule has 1 atom stereocenters. The summed E-state index contributed by atoms with van der Waals surface area (Å²) in [6.45, 7) is 2.34. The van der Waals surface area contributed by atoms with E-state index >= 15 is 0 Å². The fourth-order valence-corrected chi connectivity index (χ4v) is 1.69. The lowest BCUT2D eigenvalue weighted by atomic mass is 9.80. The van der Waals surface area contributed by atoms with Crippen LogP contribution in [0.1, 0.15) is 13.3 Å². The van der Waals surface area contributed by atoms with Crippen LogP contribution in [0.15, 0.2) is 41.1 Å². The van der Waals surface area contributed by atoms with Crippen LogP contribution in [0.3, 0.4) is 0 Å². The van der Waals surface area contributed by atoms with E-state index < -0.39 is 0 Å². The van der Waals surface area contributed by atoms with Crippen LogP contribution in [-0.2, 0) is 0 Å². The van der Waals surface area contributed by atoms with E-state index in [0.717, 1.165) is 12.1 Å². The van der Waals surface area contributed by atoms with Crippen molar-refractivity contribution in [3.63, 3.8) is 0 Å². The van der Waals surface area contributed by atoms with Gasteiger partial charge in [0, 0.05) is 18.2 Å². The number of aliphatic hydroxyl groups excluding tert-OH is 1. The first-order valence-electron chi connectivity index (χ1n) is 4.51. The number of aliphatic hydroxyl groups is 1. The molecule has 0 spiro atoms. The molecule has 0 aromatic heterocycles. The Hall–Kier alpha value is -1.15. The van der Waals surface area contributed by atoms with Crippen LogP contribution in [0.2, 0.25) is 0 Å². The summed E-state index contributed by atoms with van der Waals surface area (Å²) in [5.41, 5.74) is 2.21. The van der Waals surface area contributed by atoms with Crippen molar-refractivity contribution >= 4 is 5.71 Å². The highest BCUT2D eigenvalue weighted by molar-refractivity contribution is 6.13. The van der Waals surface area contributed by atoms with Crippen LogP contribution in [0.25, 0.3) is 0 Å². The zero-order valence-electron chi connectivity index (χ0n) is 7.70. The lowest BCUT2D eigenvalue weighted by Gasteiger charge is -2.24. The van der Waals surface area contributed by atoms with Gasteiger partial charge in [0.05, 0.1) is 5.71 Å². The first-order valence-corrected chi connectivity index (χ1v) is 4.51. The van der Waals surface area contributed by atoms with Crippen LogP contribution in [-0.4, -0.2) is 17.4 Å². The first kappa shape index (κ1) is 8.45. The molecule has 0 aromatic rings. The van der Waals surface area contributed by atoms with Gasteiger partial charge in [0.25, 0.3) is 0 Å². The van der Waals surface area contributed by atoms with Gasteiger partial charge >= 0.3 is 0 Å². The van der Waals surface area contributed by atoms with Crippen molar-refractivity contribution in [3.8, 4) is 0 Å². The van der Waals surface area contributed by atoms with E-state index in [4.69, 9.17) is 5.11 Å². The molecule has 2 nitrogen and oxygen atoms in total. The Morgan fingerprint density at radius 1 is 1.46 bits per heavy atom. The van der Waals surface area contributed by atoms with E-state index in [1.165, 1.54) is 5.57 Å². The van der Waals surface area contributed by atoms with Crippen molar-refractivity contribution in [1.82, 2.24) is 0 Å². The number of nitrogens with zero attached hydrogens (tertiary/aromatic N) is 1. The average Bonchev–Trinajstić information content (AvgIpc) is 2.50. The molecular formula is C11H13NO. The van der Waals surface area contributed by atoms with Crippen molar-refractivity contribution in [2.75, 3.05) is 6.61 Å². The molecule has 0 saturated carbocycles. The Labute approximate surface area is 78.0 Å². The zero-order valence-corrected chi connectivity index (χ0v) is 7.70. The summed E-state index contributed by atoms with van der Waals surface area (Å²) in [5, 5.41) is 8.91. The number of hydrogen-bond acceptors (Lipinski definition) is 2. The van der Waals surface area contributed by atoms with Crippen molar-refractivity contribution in [3.05, 3.63) is 36.1 Å². The second-order valence-electron chi connectivity index (χ2n) is 3.74. The lowest BCUT2D eigenvalue weighted by molar-refractivity contribution is 0.253. The minimum Gasteiger partial charge on any atom is -0.396 e. The van der Waals surface area contributed by atoms with Gasteiger partial charge in [-0.1, -0.05) is 19.1 Å². The highest BCUT2D eigenvalue weighted by Crippen LogP contribution is 2.32. The van der Waals surface area contributed by atoms with Crippen LogP contribution >= 0.6 is 0 Å². The SMILES string of the molecule is CC1(CCO)C=CC2=NC=CC2=C1.